The number of esters is 1. The predicted octanol–water partition coefficient (Wildman–Crippen LogP) is 3.01. The lowest BCUT2D eigenvalue weighted by atomic mass is 10.1. The van der Waals surface area contributed by atoms with E-state index in [4.69, 9.17) is 9.47 Å². The standard InChI is InChI=1S/C22H24N2O4/c1-27-20-9-5-2-6-16(20)12-13-23-21(25)15-28-22(26)11-10-17-14-24-19-8-4-3-7-18(17)19/h2-9,14,24H,10-13,15H2,1H3,(H,23,25). The normalized spacial score (nSPS) is 10.6. The van der Waals surface area contributed by atoms with Gasteiger partial charge >= 0.3 is 5.97 Å². The molecule has 0 fully saturated rings. The van der Waals surface area contributed by atoms with Gasteiger partial charge in [0.1, 0.15) is 5.75 Å². The lowest BCUT2D eigenvalue weighted by Gasteiger charge is -2.09. The second-order valence-corrected chi connectivity index (χ2v) is 6.43. The van der Waals surface area contributed by atoms with Crippen molar-refractivity contribution in [2.24, 2.45) is 0 Å². The monoisotopic (exact) mass is 380 g/mol. The van der Waals surface area contributed by atoms with E-state index in [1.54, 1.807) is 7.11 Å². The Bertz CT molecular complexity index is 948. The highest BCUT2D eigenvalue weighted by Crippen LogP contribution is 2.19. The van der Waals surface area contributed by atoms with Crippen molar-refractivity contribution in [3.05, 3.63) is 65.9 Å². The van der Waals surface area contributed by atoms with Gasteiger partial charge in [0.15, 0.2) is 6.61 Å². The molecule has 0 aliphatic rings. The van der Waals surface area contributed by atoms with E-state index in [0.717, 1.165) is 27.8 Å². The van der Waals surface area contributed by atoms with Crippen LogP contribution in [0.5, 0.6) is 5.75 Å². The fraction of sp³-hybridized carbons (Fsp3) is 0.273. The molecule has 3 aromatic rings. The molecule has 0 saturated carbocycles. The molecule has 0 spiro atoms. The molecule has 6 nitrogen and oxygen atoms in total. The quantitative estimate of drug-likeness (QED) is 0.559. The fourth-order valence-corrected chi connectivity index (χ4v) is 3.09. The smallest absolute Gasteiger partial charge is 0.306 e. The molecular formula is C22H24N2O4. The number of benzene rings is 2. The van der Waals surface area contributed by atoms with Gasteiger partial charge in [-0.05, 0) is 36.1 Å². The van der Waals surface area contributed by atoms with Crippen LogP contribution in [0.3, 0.4) is 0 Å². The van der Waals surface area contributed by atoms with Crippen LogP contribution in [0.4, 0.5) is 0 Å². The van der Waals surface area contributed by atoms with Gasteiger partial charge in [0.25, 0.3) is 5.91 Å². The Kier molecular flexibility index (Phi) is 6.68. The number of para-hydroxylation sites is 2. The van der Waals surface area contributed by atoms with E-state index >= 15 is 0 Å². The Morgan fingerprint density at radius 2 is 1.79 bits per heavy atom. The Morgan fingerprint density at radius 1 is 1.00 bits per heavy atom. The van der Waals surface area contributed by atoms with Gasteiger partial charge in [-0.25, -0.2) is 0 Å². The average molecular weight is 380 g/mol. The largest absolute Gasteiger partial charge is 0.496 e. The zero-order valence-electron chi connectivity index (χ0n) is 15.9. The number of hydrogen-bond acceptors (Lipinski definition) is 4. The molecule has 0 radical (unpaired) electrons. The van der Waals surface area contributed by atoms with Gasteiger partial charge in [0, 0.05) is 30.1 Å². The minimum atomic E-state index is -0.384. The summed E-state index contributed by atoms with van der Waals surface area (Å²) in [5.41, 5.74) is 3.12. The van der Waals surface area contributed by atoms with Crippen LogP contribution in [-0.4, -0.2) is 37.1 Å². The number of aromatic amines is 1. The second-order valence-electron chi connectivity index (χ2n) is 6.43. The molecule has 0 aliphatic carbocycles. The molecule has 28 heavy (non-hydrogen) atoms. The number of amides is 1. The van der Waals surface area contributed by atoms with Gasteiger partial charge in [-0.1, -0.05) is 36.4 Å². The predicted molar refractivity (Wildman–Crippen MR) is 107 cm³/mol. The Morgan fingerprint density at radius 3 is 2.64 bits per heavy atom. The van der Waals surface area contributed by atoms with E-state index in [1.165, 1.54) is 0 Å². The maximum Gasteiger partial charge on any atom is 0.306 e. The number of carbonyl (C=O) groups is 2. The summed E-state index contributed by atoms with van der Waals surface area (Å²) < 4.78 is 10.4. The minimum Gasteiger partial charge on any atom is -0.496 e. The molecule has 3 rings (SSSR count). The van der Waals surface area contributed by atoms with Crippen molar-refractivity contribution in [1.29, 1.82) is 0 Å². The fourth-order valence-electron chi connectivity index (χ4n) is 3.09. The highest BCUT2D eigenvalue weighted by molar-refractivity contribution is 5.84. The van der Waals surface area contributed by atoms with Crippen molar-refractivity contribution in [1.82, 2.24) is 10.3 Å². The van der Waals surface area contributed by atoms with Crippen molar-refractivity contribution in [3.8, 4) is 5.75 Å². The van der Waals surface area contributed by atoms with Crippen molar-refractivity contribution < 1.29 is 19.1 Å². The molecule has 0 atom stereocenters. The van der Waals surface area contributed by atoms with Crippen LogP contribution in [0.25, 0.3) is 10.9 Å². The molecule has 6 heteroatoms. The third kappa shape index (κ3) is 5.13. The lowest BCUT2D eigenvalue weighted by Crippen LogP contribution is -2.30. The van der Waals surface area contributed by atoms with E-state index in [1.807, 2.05) is 54.7 Å². The van der Waals surface area contributed by atoms with Crippen molar-refractivity contribution in [2.75, 3.05) is 20.3 Å². The number of nitrogens with one attached hydrogen (secondary N) is 2. The zero-order chi connectivity index (χ0) is 19.8. The number of H-pyrrole nitrogens is 1. The van der Waals surface area contributed by atoms with Crippen LogP contribution in [0.2, 0.25) is 0 Å². The molecule has 1 heterocycles. The van der Waals surface area contributed by atoms with Crippen molar-refractivity contribution >= 4 is 22.8 Å². The van der Waals surface area contributed by atoms with E-state index in [0.29, 0.717) is 19.4 Å². The third-order valence-corrected chi connectivity index (χ3v) is 4.55. The minimum absolute atomic E-state index is 0.232. The molecule has 2 N–H and O–H groups in total. The maximum atomic E-state index is 11.9. The van der Waals surface area contributed by atoms with Crippen molar-refractivity contribution in [2.45, 2.75) is 19.3 Å². The summed E-state index contributed by atoms with van der Waals surface area (Å²) in [7, 11) is 1.62. The lowest BCUT2D eigenvalue weighted by molar-refractivity contribution is -0.148. The van der Waals surface area contributed by atoms with Crippen molar-refractivity contribution in [3.63, 3.8) is 0 Å². The first-order valence-electron chi connectivity index (χ1n) is 9.26. The van der Waals surface area contributed by atoms with Gasteiger partial charge in [0.2, 0.25) is 0 Å². The topological polar surface area (TPSA) is 80.4 Å². The second kappa shape index (κ2) is 9.60. The van der Waals surface area contributed by atoms with Crippen LogP contribution >= 0.6 is 0 Å². The van der Waals surface area contributed by atoms with Crippen LogP contribution in [0, 0.1) is 0 Å². The Hall–Kier alpha value is -3.28. The molecule has 0 saturated heterocycles. The zero-order valence-corrected chi connectivity index (χ0v) is 15.9. The number of aromatic nitrogens is 1. The molecule has 2 aromatic carbocycles. The van der Waals surface area contributed by atoms with E-state index in [-0.39, 0.29) is 24.9 Å². The van der Waals surface area contributed by atoms with Crippen LogP contribution in [-0.2, 0) is 27.2 Å². The van der Waals surface area contributed by atoms with E-state index < -0.39 is 0 Å². The van der Waals surface area contributed by atoms with Gasteiger partial charge in [-0.3, -0.25) is 9.59 Å². The highest BCUT2D eigenvalue weighted by atomic mass is 16.5. The van der Waals surface area contributed by atoms with Gasteiger partial charge in [0.05, 0.1) is 7.11 Å². The first-order chi connectivity index (χ1) is 13.7. The van der Waals surface area contributed by atoms with Gasteiger partial charge in [-0.15, -0.1) is 0 Å². The van der Waals surface area contributed by atoms with E-state index in [2.05, 4.69) is 10.3 Å². The number of aryl methyl sites for hydroxylation is 1. The summed E-state index contributed by atoms with van der Waals surface area (Å²) in [6.45, 7) is 0.185. The average Bonchev–Trinajstić information content (AvgIpc) is 3.14. The molecule has 0 aliphatic heterocycles. The number of carbonyl (C=O) groups excluding carboxylic acids is 2. The van der Waals surface area contributed by atoms with Gasteiger partial charge in [-0.2, -0.15) is 0 Å². The molecule has 146 valence electrons. The Balaban J connectivity index is 1.36. The van der Waals surface area contributed by atoms with Crippen LogP contribution in [0.15, 0.2) is 54.7 Å². The maximum absolute atomic E-state index is 11.9. The number of rotatable bonds is 9. The van der Waals surface area contributed by atoms with Crippen LogP contribution in [0.1, 0.15) is 17.5 Å². The third-order valence-electron chi connectivity index (χ3n) is 4.55. The number of methoxy groups -OCH3 is 1. The summed E-state index contributed by atoms with van der Waals surface area (Å²) in [6, 6.07) is 15.6. The number of fused-ring (bicyclic) bond motifs is 1. The number of ether oxygens (including phenoxy) is 2. The molecule has 1 amide bonds. The van der Waals surface area contributed by atoms with E-state index in [9.17, 15) is 9.59 Å². The Labute approximate surface area is 163 Å². The molecular weight excluding hydrogens is 356 g/mol. The first-order valence-corrected chi connectivity index (χ1v) is 9.26. The SMILES string of the molecule is COc1ccccc1CCNC(=O)COC(=O)CCc1c[nH]c2ccccc12. The molecule has 0 bridgehead atoms. The first kappa shape index (κ1) is 19.5. The summed E-state index contributed by atoms with van der Waals surface area (Å²) in [4.78, 5) is 27.0. The summed E-state index contributed by atoms with van der Waals surface area (Å²) in [6.07, 6.45) is 3.35. The van der Waals surface area contributed by atoms with Crippen LogP contribution < -0.4 is 10.1 Å². The molecule has 0 unspecified atom stereocenters. The summed E-state index contributed by atoms with van der Waals surface area (Å²) in [5, 5.41) is 3.86. The van der Waals surface area contributed by atoms with Gasteiger partial charge < -0.3 is 19.8 Å². The number of hydrogen-bond donors (Lipinski definition) is 2. The summed E-state index contributed by atoms with van der Waals surface area (Å²) >= 11 is 0. The summed E-state index contributed by atoms with van der Waals surface area (Å²) in [5.74, 6) is 0.0981. The molecule has 1 aromatic heterocycles. The highest BCUT2D eigenvalue weighted by Gasteiger charge is 2.10.